The number of rotatable bonds is 3. The molecule has 128 valence electrons. The summed E-state index contributed by atoms with van der Waals surface area (Å²) in [6.45, 7) is 0.393. The zero-order valence-electron chi connectivity index (χ0n) is 13.3. The van der Waals surface area contributed by atoms with E-state index in [-0.39, 0.29) is 30.5 Å². The van der Waals surface area contributed by atoms with Crippen LogP contribution in [0.25, 0.3) is 0 Å². The van der Waals surface area contributed by atoms with Gasteiger partial charge in [-0.1, -0.05) is 12.5 Å². The Balaban J connectivity index is 1.99. The molecule has 2 fully saturated rings. The molecule has 0 aromatic carbocycles. The lowest BCUT2D eigenvalue weighted by Crippen LogP contribution is -2.60. The zero-order valence-corrected chi connectivity index (χ0v) is 14.1. The minimum Gasteiger partial charge on any atom is -0.384 e. The third-order valence-corrected chi connectivity index (χ3v) is 7.05. The largest absolute Gasteiger partial charge is 0.384 e. The van der Waals surface area contributed by atoms with Crippen LogP contribution >= 0.6 is 0 Å². The van der Waals surface area contributed by atoms with Gasteiger partial charge in [0.1, 0.15) is 5.60 Å². The topological polar surface area (TPSA) is 73.7 Å². The first-order valence-electron chi connectivity index (χ1n) is 7.79. The van der Waals surface area contributed by atoms with Crippen molar-refractivity contribution >= 4 is 10.2 Å². The van der Waals surface area contributed by atoms with E-state index in [1.54, 1.807) is 12.1 Å². The number of hydrogen-bond acceptors (Lipinski definition) is 4. The molecule has 1 saturated carbocycles. The Morgan fingerprint density at radius 3 is 2.48 bits per heavy atom. The van der Waals surface area contributed by atoms with Gasteiger partial charge in [0.05, 0.1) is 0 Å². The number of nitrogens with zero attached hydrogens (tertiary/aromatic N) is 3. The number of aliphatic hydroxyl groups is 1. The second-order valence-electron chi connectivity index (χ2n) is 6.60. The highest BCUT2D eigenvalue weighted by molar-refractivity contribution is 7.86. The molecule has 0 spiro atoms. The van der Waals surface area contributed by atoms with E-state index in [0.717, 1.165) is 6.42 Å². The van der Waals surface area contributed by atoms with Gasteiger partial charge in [0, 0.05) is 50.8 Å². The molecular weight excluding hydrogens is 321 g/mol. The van der Waals surface area contributed by atoms with Gasteiger partial charge in [0.25, 0.3) is 10.2 Å². The van der Waals surface area contributed by atoms with Crippen LogP contribution in [0.15, 0.2) is 18.3 Å². The van der Waals surface area contributed by atoms with Crippen LogP contribution in [0.5, 0.6) is 0 Å². The lowest BCUT2D eigenvalue weighted by molar-refractivity contribution is -0.136. The summed E-state index contributed by atoms with van der Waals surface area (Å²) in [5.74, 6) is -1.33. The van der Waals surface area contributed by atoms with E-state index >= 15 is 0 Å². The van der Waals surface area contributed by atoms with E-state index in [9.17, 15) is 17.9 Å². The average molecular weight is 343 g/mol. The molecule has 23 heavy (non-hydrogen) atoms. The van der Waals surface area contributed by atoms with Crippen LogP contribution in [0.1, 0.15) is 24.8 Å². The summed E-state index contributed by atoms with van der Waals surface area (Å²) < 4.78 is 41.6. The lowest BCUT2D eigenvalue weighted by atomic mass is 9.63. The zero-order chi connectivity index (χ0) is 16.8. The van der Waals surface area contributed by atoms with Crippen LogP contribution in [0, 0.1) is 17.8 Å². The van der Waals surface area contributed by atoms with E-state index in [1.807, 2.05) is 0 Å². The van der Waals surface area contributed by atoms with Crippen molar-refractivity contribution in [3.63, 3.8) is 0 Å². The number of hydrogen-bond donors (Lipinski definition) is 1. The van der Waals surface area contributed by atoms with Crippen molar-refractivity contribution < 1.29 is 17.9 Å². The Hall–Kier alpha value is -1.09. The van der Waals surface area contributed by atoms with E-state index < -0.39 is 21.8 Å². The molecular formula is C15H22FN3O3S. The molecule has 8 heteroatoms. The summed E-state index contributed by atoms with van der Waals surface area (Å²) in [5.41, 5.74) is -1.16. The number of pyridine rings is 1. The average Bonchev–Trinajstić information content (AvgIpc) is 2.46. The molecule has 1 N–H and O–H groups in total. The fourth-order valence-corrected chi connectivity index (χ4v) is 5.15. The van der Waals surface area contributed by atoms with Gasteiger partial charge in [-0.15, -0.1) is 0 Å². The molecule has 0 amide bonds. The number of aromatic nitrogens is 1. The van der Waals surface area contributed by atoms with Crippen molar-refractivity contribution in [1.29, 1.82) is 0 Å². The third kappa shape index (κ3) is 2.57. The van der Waals surface area contributed by atoms with Crippen LogP contribution in [-0.4, -0.2) is 54.3 Å². The first kappa shape index (κ1) is 16.8. The van der Waals surface area contributed by atoms with E-state index in [4.69, 9.17) is 0 Å². The summed E-state index contributed by atoms with van der Waals surface area (Å²) in [7, 11) is -0.553. The van der Waals surface area contributed by atoms with Gasteiger partial charge in [-0.25, -0.2) is 4.98 Å². The SMILES string of the molecule is CN(C)S(=O)(=O)N1C[C@@H]2CCC[C@@H](C1)C2(O)c1cccnc1F. The fourth-order valence-electron chi connectivity index (χ4n) is 3.96. The number of fused-ring (bicyclic) bond motifs is 2. The molecule has 2 bridgehead atoms. The second kappa shape index (κ2) is 5.77. The Morgan fingerprint density at radius 2 is 1.96 bits per heavy atom. The third-order valence-electron chi connectivity index (χ3n) is 5.18. The van der Waals surface area contributed by atoms with Gasteiger partial charge in [-0.05, 0) is 18.9 Å². The number of halogens is 1. The lowest BCUT2D eigenvalue weighted by Gasteiger charge is -2.52. The van der Waals surface area contributed by atoms with Gasteiger partial charge in [0.15, 0.2) is 0 Å². The maximum atomic E-state index is 14.2. The molecule has 0 unspecified atom stereocenters. The summed E-state index contributed by atoms with van der Waals surface area (Å²) in [5, 5.41) is 11.3. The van der Waals surface area contributed by atoms with Crippen molar-refractivity contribution in [3.8, 4) is 0 Å². The van der Waals surface area contributed by atoms with Gasteiger partial charge < -0.3 is 5.11 Å². The Bertz CT molecular complexity index is 681. The Labute approximate surface area is 136 Å². The Kier molecular flexibility index (Phi) is 4.20. The highest BCUT2D eigenvalue weighted by Gasteiger charge is 2.54. The second-order valence-corrected chi connectivity index (χ2v) is 8.74. The normalized spacial score (nSPS) is 32.2. The monoisotopic (exact) mass is 343 g/mol. The highest BCUT2D eigenvalue weighted by atomic mass is 32.2. The smallest absolute Gasteiger partial charge is 0.281 e. The first-order chi connectivity index (χ1) is 10.8. The van der Waals surface area contributed by atoms with Crippen LogP contribution in [0.4, 0.5) is 4.39 Å². The summed E-state index contributed by atoms with van der Waals surface area (Å²) in [6.07, 6.45) is 3.60. The maximum Gasteiger partial charge on any atom is 0.281 e. The van der Waals surface area contributed by atoms with Crippen molar-refractivity contribution in [3.05, 3.63) is 29.8 Å². The van der Waals surface area contributed by atoms with Gasteiger partial charge in [-0.2, -0.15) is 21.4 Å². The molecule has 3 rings (SSSR count). The van der Waals surface area contributed by atoms with Crippen LogP contribution in [-0.2, 0) is 15.8 Å². The summed E-state index contributed by atoms with van der Waals surface area (Å²) in [4.78, 5) is 3.66. The molecule has 2 aliphatic rings. The molecule has 0 radical (unpaired) electrons. The van der Waals surface area contributed by atoms with Gasteiger partial charge >= 0.3 is 0 Å². The van der Waals surface area contributed by atoms with Crippen molar-refractivity contribution in [2.45, 2.75) is 24.9 Å². The molecule has 6 nitrogen and oxygen atoms in total. The predicted molar refractivity (Wildman–Crippen MR) is 83.1 cm³/mol. The minimum atomic E-state index is -3.54. The Morgan fingerprint density at radius 1 is 1.35 bits per heavy atom. The van der Waals surface area contributed by atoms with Crippen molar-refractivity contribution in [1.82, 2.24) is 13.6 Å². The summed E-state index contributed by atoms with van der Waals surface area (Å²) >= 11 is 0. The molecule has 1 aromatic rings. The van der Waals surface area contributed by atoms with E-state index in [0.29, 0.717) is 12.8 Å². The van der Waals surface area contributed by atoms with Crippen LogP contribution in [0.3, 0.4) is 0 Å². The van der Waals surface area contributed by atoms with Crippen LogP contribution in [0.2, 0.25) is 0 Å². The fraction of sp³-hybridized carbons (Fsp3) is 0.667. The molecule has 1 aliphatic carbocycles. The summed E-state index contributed by atoms with van der Waals surface area (Å²) in [6, 6.07) is 3.17. The first-order valence-corrected chi connectivity index (χ1v) is 9.18. The molecule has 1 aromatic heterocycles. The van der Waals surface area contributed by atoms with E-state index in [2.05, 4.69) is 4.98 Å². The van der Waals surface area contributed by atoms with Gasteiger partial charge in [-0.3, -0.25) is 0 Å². The molecule has 1 saturated heterocycles. The predicted octanol–water partition coefficient (Wildman–Crippen LogP) is 0.947. The maximum absolute atomic E-state index is 14.2. The molecule has 1 aliphatic heterocycles. The van der Waals surface area contributed by atoms with E-state index in [1.165, 1.54) is 28.9 Å². The van der Waals surface area contributed by atoms with Crippen molar-refractivity contribution in [2.75, 3.05) is 27.2 Å². The molecule has 2 heterocycles. The minimum absolute atomic E-state index is 0.191. The number of piperidine rings is 1. The van der Waals surface area contributed by atoms with Crippen LogP contribution < -0.4 is 0 Å². The molecule has 2 atom stereocenters. The quantitative estimate of drug-likeness (QED) is 0.829. The standard InChI is InChI=1S/C15H22FN3O3S/c1-18(2)23(21,22)19-9-11-5-3-6-12(10-19)15(11,20)13-7-4-8-17-14(13)16/h4,7-8,11-12,20H,3,5-6,9-10H2,1-2H3/t11-,12-/m0/s1. The van der Waals surface area contributed by atoms with Crippen molar-refractivity contribution in [2.24, 2.45) is 11.8 Å². The highest BCUT2D eigenvalue weighted by Crippen LogP contribution is 2.50. The van der Waals surface area contributed by atoms with Gasteiger partial charge in [0.2, 0.25) is 5.95 Å².